The van der Waals surface area contributed by atoms with Gasteiger partial charge in [-0.2, -0.15) is 0 Å². The van der Waals surface area contributed by atoms with Crippen molar-refractivity contribution in [1.29, 1.82) is 5.41 Å². The number of rotatable bonds is 3. The fraction of sp³-hybridized carbons (Fsp3) is 0.923. The highest BCUT2D eigenvalue weighted by Crippen LogP contribution is 2.35. The van der Waals surface area contributed by atoms with Crippen molar-refractivity contribution in [3.05, 3.63) is 0 Å². The van der Waals surface area contributed by atoms with Gasteiger partial charge in [-0.15, -0.1) is 0 Å². The number of likely N-dealkylation sites (tertiary alicyclic amines) is 1. The van der Waals surface area contributed by atoms with Crippen molar-refractivity contribution in [2.45, 2.75) is 50.5 Å². The maximum Gasteiger partial charge on any atom is 0.0958 e. The zero-order valence-electron chi connectivity index (χ0n) is 10.8. The summed E-state index contributed by atoms with van der Waals surface area (Å²) in [5, 5.41) is 8.04. The minimum atomic E-state index is 0.351. The van der Waals surface area contributed by atoms with Gasteiger partial charge in [-0.05, 0) is 39.8 Å². The molecule has 0 aromatic heterocycles. The van der Waals surface area contributed by atoms with Gasteiger partial charge in [0.05, 0.1) is 5.84 Å². The standard InChI is InChI=1S/C13H25N3/c1-15(2)13(8-4-5-9-13)11-16-10-6-3-7-12(16)14/h14H,3-11H2,1-2H3. The van der Waals surface area contributed by atoms with Gasteiger partial charge in [-0.25, -0.2) is 0 Å². The lowest BCUT2D eigenvalue weighted by Gasteiger charge is -2.42. The number of piperidine rings is 1. The maximum atomic E-state index is 8.04. The Balaban J connectivity index is 2.02. The molecule has 0 amide bonds. The van der Waals surface area contributed by atoms with Gasteiger partial charge in [-0.3, -0.25) is 5.41 Å². The lowest BCUT2D eigenvalue weighted by molar-refractivity contribution is 0.118. The highest BCUT2D eigenvalue weighted by Gasteiger charge is 2.38. The highest BCUT2D eigenvalue weighted by atomic mass is 15.2. The van der Waals surface area contributed by atoms with E-state index in [1.165, 1.54) is 38.5 Å². The molecule has 1 saturated carbocycles. The molecule has 92 valence electrons. The first-order chi connectivity index (χ1) is 7.64. The summed E-state index contributed by atoms with van der Waals surface area (Å²) in [6.45, 7) is 2.19. The van der Waals surface area contributed by atoms with E-state index in [0.29, 0.717) is 5.54 Å². The summed E-state index contributed by atoms with van der Waals surface area (Å²) in [5.41, 5.74) is 0.351. The number of nitrogens with one attached hydrogen (secondary N) is 1. The largest absolute Gasteiger partial charge is 0.359 e. The number of amidine groups is 1. The summed E-state index contributed by atoms with van der Waals surface area (Å²) in [6, 6.07) is 0. The molecule has 1 saturated heterocycles. The molecule has 1 N–H and O–H groups in total. The van der Waals surface area contributed by atoms with Crippen LogP contribution in [0.1, 0.15) is 44.9 Å². The van der Waals surface area contributed by atoms with Crippen LogP contribution in [-0.2, 0) is 0 Å². The van der Waals surface area contributed by atoms with Crippen LogP contribution < -0.4 is 0 Å². The maximum absolute atomic E-state index is 8.04. The Morgan fingerprint density at radius 3 is 2.44 bits per heavy atom. The van der Waals surface area contributed by atoms with Crippen molar-refractivity contribution >= 4 is 5.84 Å². The summed E-state index contributed by atoms with van der Waals surface area (Å²) in [7, 11) is 4.41. The first-order valence-electron chi connectivity index (χ1n) is 6.64. The highest BCUT2D eigenvalue weighted by molar-refractivity contribution is 5.79. The first kappa shape index (κ1) is 11.9. The Kier molecular flexibility index (Phi) is 3.53. The van der Waals surface area contributed by atoms with Gasteiger partial charge < -0.3 is 9.80 Å². The third-order valence-electron chi connectivity index (χ3n) is 4.44. The van der Waals surface area contributed by atoms with Crippen LogP contribution in [0.5, 0.6) is 0 Å². The Hall–Kier alpha value is -0.570. The Morgan fingerprint density at radius 1 is 1.19 bits per heavy atom. The van der Waals surface area contributed by atoms with E-state index in [9.17, 15) is 0 Å². The quantitative estimate of drug-likeness (QED) is 0.796. The smallest absolute Gasteiger partial charge is 0.0958 e. The zero-order chi connectivity index (χ0) is 11.6. The average molecular weight is 223 g/mol. The lowest BCUT2D eigenvalue weighted by Crippen LogP contribution is -2.53. The van der Waals surface area contributed by atoms with Crippen molar-refractivity contribution < 1.29 is 0 Å². The Morgan fingerprint density at radius 2 is 1.88 bits per heavy atom. The molecule has 3 nitrogen and oxygen atoms in total. The van der Waals surface area contributed by atoms with E-state index in [-0.39, 0.29) is 0 Å². The van der Waals surface area contributed by atoms with Gasteiger partial charge in [-0.1, -0.05) is 12.8 Å². The fourth-order valence-electron chi connectivity index (χ4n) is 3.20. The van der Waals surface area contributed by atoms with Gasteiger partial charge in [0.15, 0.2) is 0 Å². The van der Waals surface area contributed by atoms with Gasteiger partial charge in [0.2, 0.25) is 0 Å². The van der Waals surface area contributed by atoms with Crippen molar-refractivity contribution in [3.63, 3.8) is 0 Å². The predicted molar refractivity (Wildman–Crippen MR) is 68.0 cm³/mol. The van der Waals surface area contributed by atoms with Crippen LogP contribution >= 0.6 is 0 Å². The van der Waals surface area contributed by atoms with Crippen LogP contribution in [-0.4, -0.2) is 48.4 Å². The molecule has 0 unspecified atom stereocenters. The van der Waals surface area contributed by atoms with Crippen LogP contribution in [0, 0.1) is 5.41 Å². The molecule has 0 radical (unpaired) electrons. The molecule has 1 aliphatic carbocycles. The topological polar surface area (TPSA) is 30.3 Å². The molecule has 2 rings (SSSR count). The Bertz CT molecular complexity index is 254. The number of likely N-dealkylation sites (N-methyl/N-ethyl adjacent to an activating group) is 1. The normalized spacial score (nSPS) is 25.4. The van der Waals surface area contributed by atoms with Gasteiger partial charge in [0, 0.05) is 25.0 Å². The van der Waals surface area contributed by atoms with Crippen molar-refractivity contribution in [2.75, 3.05) is 27.2 Å². The van der Waals surface area contributed by atoms with Crippen molar-refractivity contribution in [2.24, 2.45) is 0 Å². The van der Waals surface area contributed by atoms with Crippen LogP contribution in [0.25, 0.3) is 0 Å². The number of hydrogen-bond donors (Lipinski definition) is 1. The zero-order valence-corrected chi connectivity index (χ0v) is 10.8. The van der Waals surface area contributed by atoms with Crippen LogP contribution in [0.2, 0.25) is 0 Å². The molecule has 1 heterocycles. The van der Waals surface area contributed by atoms with Crippen LogP contribution in [0.4, 0.5) is 0 Å². The van der Waals surface area contributed by atoms with E-state index < -0.39 is 0 Å². The molecule has 1 aliphatic heterocycles. The van der Waals surface area contributed by atoms with Gasteiger partial charge in [0.1, 0.15) is 0 Å². The van der Waals surface area contributed by atoms with Crippen LogP contribution in [0.3, 0.4) is 0 Å². The SMILES string of the molecule is CN(C)C1(CN2CCCCC2=N)CCCC1. The molecule has 3 heteroatoms. The van der Waals surface area contributed by atoms with E-state index in [1.807, 2.05) is 0 Å². The number of nitrogens with zero attached hydrogens (tertiary/aromatic N) is 2. The van der Waals surface area contributed by atoms with E-state index in [1.54, 1.807) is 0 Å². The van der Waals surface area contributed by atoms with Crippen LogP contribution in [0.15, 0.2) is 0 Å². The summed E-state index contributed by atoms with van der Waals surface area (Å²) in [5.74, 6) is 0.874. The minimum absolute atomic E-state index is 0.351. The summed E-state index contributed by atoms with van der Waals surface area (Å²) >= 11 is 0. The summed E-state index contributed by atoms with van der Waals surface area (Å²) < 4.78 is 0. The molecule has 2 aliphatic rings. The second-order valence-corrected chi connectivity index (χ2v) is 5.65. The minimum Gasteiger partial charge on any atom is -0.359 e. The van der Waals surface area contributed by atoms with Gasteiger partial charge >= 0.3 is 0 Å². The van der Waals surface area contributed by atoms with Gasteiger partial charge in [0.25, 0.3) is 0 Å². The monoisotopic (exact) mass is 223 g/mol. The third kappa shape index (κ3) is 2.24. The molecule has 0 atom stereocenters. The summed E-state index contributed by atoms with van der Waals surface area (Å²) in [4.78, 5) is 4.73. The second-order valence-electron chi connectivity index (χ2n) is 5.65. The first-order valence-corrected chi connectivity index (χ1v) is 6.64. The molecule has 0 aromatic carbocycles. The fourth-order valence-corrected chi connectivity index (χ4v) is 3.20. The van der Waals surface area contributed by atoms with E-state index in [2.05, 4.69) is 23.9 Å². The molecular weight excluding hydrogens is 198 g/mol. The lowest BCUT2D eigenvalue weighted by atomic mass is 9.94. The Labute approximate surface area is 99.3 Å². The average Bonchev–Trinajstić information content (AvgIpc) is 2.71. The predicted octanol–water partition coefficient (Wildman–Crippen LogP) is 2.32. The van der Waals surface area contributed by atoms with Crippen molar-refractivity contribution in [3.8, 4) is 0 Å². The molecule has 16 heavy (non-hydrogen) atoms. The number of hydrogen-bond acceptors (Lipinski definition) is 2. The van der Waals surface area contributed by atoms with E-state index in [4.69, 9.17) is 5.41 Å². The van der Waals surface area contributed by atoms with E-state index >= 15 is 0 Å². The molecule has 2 fully saturated rings. The van der Waals surface area contributed by atoms with E-state index in [0.717, 1.165) is 25.3 Å². The summed E-state index contributed by atoms with van der Waals surface area (Å²) in [6.07, 6.45) is 8.81. The molecule has 0 spiro atoms. The third-order valence-corrected chi connectivity index (χ3v) is 4.44. The molecular formula is C13H25N3. The second kappa shape index (κ2) is 4.74. The molecule has 0 bridgehead atoms. The molecule has 0 aromatic rings. The van der Waals surface area contributed by atoms with Crippen molar-refractivity contribution in [1.82, 2.24) is 9.80 Å².